The van der Waals surface area contributed by atoms with Crippen molar-refractivity contribution in [1.29, 1.82) is 0 Å². The molecule has 1 atom stereocenters. The zero-order valence-electron chi connectivity index (χ0n) is 22.3. The molecule has 4 rings (SSSR count). The number of benzene rings is 2. The highest BCUT2D eigenvalue weighted by atomic mass is 79.9. The number of hydrogen-bond acceptors (Lipinski definition) is 6. The topological polar surface area (TPSA) is 94.1 Å². The van der Waals surface area contributed by atoms with Gasteiger partial charge in [0.15, 0.2) is 4.83 Å². The van der Waals surface area contributed by atoms with Gasteiger partial charge in [0, 0.05) is 16.6 Å². The van der Waals surface area contributed by atoms with Gasteiger partial charge in [-0.2, -0.15) is 4.37 Å². The van der Waals surface area contributed by atoms with Crippen LogP contribution in [0.4, 0.5) is 0 Å². The summed E-state index contributed by atoms with van der Waals surface area (Å²) >= 11 is 4.66. The van der Waals surface area contributed by atoms with Crippen molar-refractivity contribution >= 4 is 93.2 Å². The first-order valence-corrected chi connectivity index (χ1v) is 13.6. The monoisotopic (exact) mass is 711 g/mol. The molecule has 4 aromatic rings. The number of halogens is 5. The highest BCUT2D eigenvalue weighted by Gasteiger charge is 2.33. The molecule has 40 heavy (non-hydrogen) atoms. The Kier molecular flexibility index (Phi) is 16.5. The highest BCUT2D eigenvalue weighted by Crippen LogP contribution is 2.31. The lowest BCUT2D eigenvalue weighted by atomic mass is 9.99. The lowest BCUT2D eigenvalue weighted by Gasteiger charge is -2.35. The van der Waals surface area contributed by atoms with Crippen LogP contribution in [0, 0.1) is 12.8 Å². The van der Waals surface area contributed by atoms with E-state index < -0.39 is 6.04 Å². The van der Waals surface area contributed by atoms with Crippen LogP contribution in [0.3, 0.4) is 0 Å². The molecule has 0 aliphatic rings. The largest absolute Gasteiger partial charge is 0.330 e. The van der Waals surface area contributed by atoms with E-state index in [0.717, 1.165) is 10.0 Å². The van der Waals surface area contributed by atoms with Gasteiger partial charge in [0.25, 0.3) is 11.5 Å². The van der Waals surface area contributed by atoms with Gasteiger partial charge in [0.05, 0.1) is 23.7 Å². The third kappa shape index (κ3) is 8.41. The molecule has 2 aromatic heterocycles. The summed E-state index contributed by atoms with van der Waals surface area (Å²) in [7, 11) is 0. The predicted molar refractivity (Wildman–Crippen MR) is 177 cm³/mol. The number of nitrogens with zero attached hydrogens (tertiary/aromatic N) is 4. The number of fused-ring (bicyclic) bond motifs is 1. The Labute approximate surface area is 271 Å². The molecule has 220 valence electrons. The molecule has 0 bridgehead atoms. The van der Waals surface area contributed by atoms with E-state index in [1.807, 2.05) is 54.3 Å². The molecule has 0 spiro atoms. The number of hydrogen-bond donors (Lipinski definition) is 1. The Balaban J connectivity index is 0.00000380. The molecule has 1 amide bonds. The minimum atomic E-state index is -0.434. The van der Waals surface area contributed by atoms with Gasteiger partial charge in [0.2, 0.25) is 0 Å². The molecule has 0 saturated heterocycles. The van der Waals surface area contributed by atoms with E-state index in [4.69, 9.17) is 10.7 Å². The average Bonchev–Trinajstić information content (AvgIpc) is 3.24. The Morgan fingerprint density at radius 3 is 2.25 bits per heavy atom. The minimum absolute atomic E-state index is 0. The van der Waals surface area contributed by atoms with Crippen LogP contribution < -0.4 is 11.3 Å². The van der Waals surface area contributed by atoms with Crippen molar-refractivity contribution in [3.8, 4) is 0 Å². The zero-order valence-corrected chi connectivity index (χ0v) is 27.9. The van der Waals surface area contributed by atoms with E-state index in [2.05, 4.69) is 34.2 Å². The number of carbonyl (C=O) groups is 1. The SMILES string of the molecule is Cc1nsc2nc(C(C(C)C)N(CCCN)C(=O)c3ccc(Br)cc3)n(Cc3ccccc3)c(=O)c12.Cl.Cl.Cl.Cl. The van der Waals surface area contributed by atoms with E-state index in [0.29, 0.717) is 53.4 Å². The van der Waals surface area contributed by atoms with Crippen LogP contribution in [-0.2, 0) is 6.54 Å². The van der Waals surface area contributed by atoms with Gasteiger partial charge in [-0.3, -0.25) is 14.2 Å². The van der Waals surface area contributed by atoms with Crippen LogP contribution in [0.2, 0.25) is 0 Å². The molecule has 0 aliphatic heterocycles. The fourth-order valence-electron chi connectivity index (χ4n) is 4.41. The molecule has 0 fully saturated rings. The summed E-state index contributed by atoms with van der Waals surface area (Å²) < 4.78 is 7.02. The molecule has 0 aliphatic carbocycles. The van der Waals surface area contributed by atoms with Crippen LogP contribution in [0.25, 0.3) is 10.2 Å². The van der Waals surface area contributed by atoms with Crippen molar-refractivity contribution in [3.05, 3.63) is 92.1 Å². The van der Waals surface area contributed by atoms with Crippen LogP contribution in [0.5, 0.6) is 0 Å². The van der Waals surface area contributed by atoms with Crippen LogP contribution in [-0.4, -0.2) is 37.8 Å². The summed E-state index contributed by atoms with van der Waals surface area (Å²) in [6.45, 7) is 7.19. The van der Waals surface area contributed by atoms with Crippen molar-refractivity contribution in [2.75, 3.05) is 13.1 Å². The van der Waals surface area contributed by atoms with Crippen LogP contribution in [0.15, 0.2) is 63.9 Å². The summed E-state index contributed by atoms with van der Waals surface area (Å²) in [4.78, 5) is 35.1. The molecular weight excluding hydrogens is 680 g/mol. The number of carbonyl (C=O) groups excluding carboxylic acids is 1. The van der Waals surface area contributed by atoms with Gasteiger partial charge in [-0.15, -0.1) is 49.6 Å². The van der Waals surface area contributed by atoms with Crippen molar-refractivity contribution < 1.29 is 4.79 Å². The molecule has 0 radical (unpaired) electrons. The summed E-state index contributed by atoms with van der Waals surface area (Å²) in [5, 5.41) is 0.537. The quantitative estimate of drug-likeness (QED) is 0.205. The second-order valence-corrected chi connectivity index (χ2v) is 10.8. The molecule has 13 heteroatoms. The number of aromatic nitrogens is 3. The Morgan fingerprint density at radius 1 is 1.05 bits per heavy atom. The van der Waals surface area contributed by atoms with Gasteiger partial charge in [-0.1, -0.05) is 60.1 Å². The van der Waals surface area contributed by atoms with Gasteiger partial charge < -0.3 is 10.6 Å². The zero-order chi connectivity index (χ0) is 25.8. The smallest absolute Gasteiger partial charge is 0.264 e. The van der Waals surface area contributed by atoms with Crippen LogP contribution in [0.1, 0.15) is 53.7 Å². The first-order chi connectivity index (χ1) is 17.3. The standard InChI is InChI=1S/C27H30BrN5O2S.4ClH/c1-17(2)23(32(15-7-14-29)26(34)20-10-12-21(28)13-11-20)24-30-25-22(18(3)31-36-25)27(35)33(24)16-19-8-5-4-6-9-19;;;;/h4-6,8-13,17,23H,7,14-16,29H2,1-3H3;4*1H. The van der Waals surface area contributed by atoms with Crippen molar-refractivity contribution in [2.24, 2.45) is 11.7 Å². The summed E-state index contributed by atoms with van der Waals surface area (Å²) in [5.74, 6) is 0.441. The molecule has 7 nitrogen and oxygen atoms in total. The molecule has 1 unspecified atom stereocenters. The summed E-state index contributed by atoms with van der Waals surface area (Å²) in [6, 6.07) is 16.7. The van der Waals surface area contributed by atoms with E-state index in [1.165, 1.54) is 11.5 Å². The van der Waals surface area contributed by atoms with E-state index in [-0.39, 0.29) is 67.0 Å². The van der Waals surface area contributed by atoms with Crippen LogP contribution >= 0.6 is 77.1 Å². The minimum Gasteiger partial charge on any atom is -0.330 e. The van der Waals surface area contributed by atoms with E-state index in [9.17, 15) is 9.59 Å². The summed E-state index contributed by atoms with van der Waals surface area (Å²) in [5.41, 5.74) is 7.96. The molecule has 2 N–H and O–H groups in total. The molecule has 2 heterocycles. The number of rotatable bonds is 9. The van der Waals surface area contributed by atoms with Crippen molar-refractivity contribution in [2.45, 2.75) is 39.8 Å². The van der Waals surface area contributed by atoms with Gasteiger partial charge >= 0.3 is 0 Å². The number of aryl methyl sites for hydroxylation is 1. The van der Waals surface area contributed by atoms with Gasteiger partial charge in [-0.05, 0) is 67.2 Å². The first kappa shape index (κ1) is 38.3. The first-order valence-electron chi connectivity index (χ1n) is 12.0. The van der Waals surface area contributed by atoms with Crippen molar-refractivity contribution in [3.63, 3.8) is 0 Å². The Morgan fingerprint density at radius 2 is 1.68 bits per heavy atom. The predicted octanol–water partition coefficient (Wildman–Crippen LogP) is 6.85. The number of amides is 1. The average molecular weight is 714 g/mol. The van der Waals surface area contributed by atoms with E-state index >= 15 is 0 Å². The maximum atomic E-state index is 13.8. The molecular formula is C27H34BrCl4N5O2S. The third-order valence-corrected chi connectivity index (χ3v) is 7.53. The lowest BCUT2D eigenvalue weighted by molar-refractivity contribution is 0.0603. The second kappa shape index (κ2) is 17.3. The number of nitrogens with two attached hydrogens (primary N) is 1. The van der Waals surface area contributed by atoms with Crippen molar-refractivity contribution in [1.82, 2.24) is 18.8 Å². The fraction of sp³-hybridized carbons (Fsp3) is 0.333. The third-order valence-electron chi connectivity index (χ3n) is 6.17. The maximum absolute atomic E-state index is 13.8. The second-order valence-electron chi connectivity index (χ2n) is 9.13. The Bertz CT molecular complexity index is 1420. The van der Waals surface area contributed by atoms with Gasteiger partial charge in [0.1, 0.15) is 5.82 Å². The summed E-state index contributed by atoms with van der Waals surface area (Å²) in [6.07, 6.45) is 0.635. The fourth-order valence-corrected chi connectivity index (χ4v) is 5.45. The molecule has 2 aromatic carbocycles. The normalized spacial score (nSPS) is 11.1. The van der Waals surface area contributed by atoms with Gasteiger partial charge in [-0.25, -0.2) is 4.98 Å². The molecule has 0 saturated carbocycles. The Hall–Kier alpha value is -1.72. The van der Waals surface area contributed by atoms with E-state index in [1.54, 1.807) is 16.7 Å². The highest BCUT2D eigenvalue weighted by molar-refractivity contribution is 9.10. The lowest BCUT2D eigenvalue weighted by Crippen LogP contribution is -2.42. The maximum Gasteiger partial charge on any atom is 0.264 e.